The topological polar surface area (TPSA) is 66.5 Å². The first-order valence-corrected chi connectivity index (χ1v) is 7.70. The minimum absolute atomic E-state index is 0.0328. The molecule has 5 heteroatoms. The van der Waals surface area contributed by atoms with Crippen molar-refractivity contribution in [3.8, 4) is 0 Å². The number of nitrogens with two attached hydrogens (primary N) is 1. The van der Waals surface area contributed by atoms with Crippen LogP contribution in [0, 0.1) is 5.92 Å². The van der Waals surface area contributed by atoms with E-state index in [0.29, 0.717) is 12.5 Å². The van der Waals surface area contributed by atoms with Crippen LogP contribution in [-0.4, -0.2) is 41.0 Å². The van der Waals surface area contributed by atoms with E-state index < -0.39 is 0 Å². The van der Waals surface area contributed by atoms with Crippen LogP contribution in [0.4, 0.5) is 5.82 Å². The fourth-order valence-electron chi connectivity index (χ4n) is 2.73. The molecule has 0 amide bonds. The van der Waals surface area contributed by atoms with E-state index in [1.807, 2.05) is 18.2 Å². The molecule has 0 saturated carbocycles. The van der Waals surface area contributed by atoms with Crippen LogP contribution in [0.1, 0.15) is 33.6 Å². The van der Waals surface area contributed by atoms with E-state index in [1.54, 1.807) is 6.20 Å². The summed E-state index contributed by atoms with van der Waals surface area (Å²) in [5.41, 5.74) is 5.98. The number of pyridine rings is 1. The van der Waals surface area contributed by atoms with E-state index in [9.17, 15) is 0 Å². The molecular formula is C16H27N5. The highest BCUT2D eigenvalue weighted by Gasteiger charge is 2.29. The molecule has 1 fully saturated rings. The molecule has 1 aliphatic rings. The number of anilines is 1. The van der Waals surface area contributed by atoms with E-state index in [0.717, 1.165) is 24.8 Å². The largest absolute Gasteiger partial charge is 0.370 e. The van der Waals surface area contributed by atoms with Crippen LogP contribution in [0.2, 0.25) is 0 Å². The summed E-state index contributed by atoms with van der Waals surface area (Å²) in [4.78, 5) is 11.2. The average Bonchev–Trinajstić information content (AvgIpc) is 2.46. The van der Waals surface area contributed by atoms with E-state index in [4.69, 9.17) is 5.73 Å². The lowest BCUT2D eigenvalue weighted by molar-refractivity contribution is 0.0775. The normalized spacial score (nSPS) is 21.3. The van der Waals surface area contributed by atoms with Gasteiger partial charge in [-0.25, -0.2) is 4.98 Å². The second-order valence-corrected chi connectivity index (χ2v) is 6.55. The first-order valence-electron chi connectivity index (χ1n) is 7.70. The second-order valence-electron chi connectivity index (χ2n) is 6.55. The highest BCUT2D eigenvalue weighted by atomic mass is 15.2. The Morgan fingerprint density at radius 1 is 1.52 bits per heavy atom. The molecule has 1 atom stereocenters. The number of likely N-dealkylation sites (tertiary alicyclic amines) is 1. The van der Waals surface area contributed by atoms with Gasteiger partial charge in [-0.05, 0) is 51.3 Å². The predicted octanol–water partition coefficient (Wildman–Crippen LogP) is 2.32. The zero-order chi connectivity index (χ0) is 15.3. The van der Waals surface area contributed by atoms with E-state index >= 15 is 0 Å². The minimum atomic E-state index is 0.0328. The Morgan fingerprint density at radius 2 is 2.33 bits per heavy atom. The Bertz CT molecular complexity index is 469. The number of piperidine rings is 1. The van der Waals surface area contributed by atoms with Crippen LogP contribution in [0.15, 0.2) is 29.4 Å². The molecule has 0 spiro atoms. The van der Waals surface area contributed by atoms with Crippen LogP contribution in [0.5, 0.6) is 0 Å². The van der Waals surface area contributed by atoms with Crippen molar-refractivity contribution < 1.29 is 0 Å². The number of guanidine groups is 1. The molecule has 5 nitrogen and oxygen atoms in total. The molecule has 116 valence electrons. The second kappa shape index (κ2) is 6.89. The molecule has 1 aliphatic heterocycles. The summed E-state index contributed by atoms with van der Waals surface area (Å²) in [5, 5.41) is 3.02. The number of rotatable bonds is 4. The van der Waals surface area contributed by atoms with Gasteiger partial charge in [0.05, 0.1) is 6.54 Å². The van der Waals surface area contributed by atoms with Gasteiger partial charge in [-0.15, -0.1) is 0 Å². The monoisotopic (exact) mass is 289 g/mol. The number of hydrogen-bond acceptors (Lipinski definition) is 3. The van der Waals surface area contributed by atoms with Crippen molar-refractivity contribution in [2.75, 3.05) is 25.0 Å². The van der Waals surface area contributed by atoms with Crippen molar-refractivity contribution >= 4 is 11.8 Å². The molecule has 0 bridgehead atoms. The summed E-state index contributed by atoms with van der Waals surface area (Å²) in [6.45, 7) is 9.79. The van der Waals surface area contributed by atoms with Crippen LogP contribution in [-0.2, 0) is 0 Å². The lowest BCUT2D eigenvalue weighted by atomic mass is 9.94. The highest BCUT2D eigenvalue weighted by molar-refractivity contribution is 5.91. The molecule has 1 aromatic rings. The zero-order valence-electron chi connectivity index (χ0n) is 13.3. The molecule has 3 N–H and O–H groups in total. The summed E-state index contributed by atoms with van der Waals surface area (Å²) >= 11 is 0. The molecule has 1 aromatic heterocycles. The van der Waals surface area contributed by atoms with Crippen molar-refractivity contribution in [1.82, 2.24) is 9.88 Å². The maximum atomic E-state index is 5.95. The zero-order valence-corrected chi connectivity index (χ0v) is 13.3. The number of hydrogen-bond donors (Lipinski definition) is 2. The lowest BCUT2D eigenvalue weighted by Crippen LogP contribution is -2.51. The Morgan fingerprint density at radius 3 is 3.00 bits per heavy atom. The van der Waals surface area contributed by atoms with E-state index in [1.165, 1.54) is 12.8 Å². The smallest absolute Gasteiger partial charge is 0.194 e. The summed E-state index contributed by atoms with van der Waals surface area (Å²) in [5.74, 6) is 1.92. The Hall–Kier alpha value is -1.62. The summed E-state index contributed by atoms with van der Waals surface area (Å²) in [6, 6.07) is 5.67. The number of nitrogens with zero attached hydrogens (tertiary/aromatic N) is 3. The lowest BCUT2D eigenvalue weighted by Gasteiger charge is -2.42. The van der Waals surface area contributed by atoms with Gasteiger partial charge < -0.3 is 11.1 Å². The third kappa shape index (κ3) is 4.70. The minimum Gasteiger partial charge on any atom is -0.370 e. The molecule has 0 aromatic carbocycles. The molecule has 0 aliphatic carbocycles. The van der Waals surface area contributed by atoms with Gasteiger partial charge in [-0.2, -0.15) is 0 Å². The SMILES string of the molecule is CC1CCCN(C(C)(C)CN=C(N)Nc2ccccn2)C1. The van der Waals surface area contributed by atoms with Gasteiger partial charge >= 0.3 is 0 Å². The molecular weight excluding hydrogens is 262 g/mol. The molecule has 2 heterocycles. The molecule has 2 rings (SSSR count). The molecule has 1 unspecified atom stereocenters. The first-order chi connectivity index (χ1) is 9.97. The van der Waals surface area contributed by atoms with Crippen molar-refractivity contribution in [2.24, 2.45) is 16.6 Å². The first kappa shape index (κ1) is 15.8. The van der Waals surface area contributed by atoms with Crippen molar-refractivity contribution in [3.05, 3.63) is 24.4 Å². The summed E-state index contributed by atoms with van der Waals surface area (Å²) in [7, 11) is 0. The van der Waals surface area contributed by atoms with Crippen molar-refractivity contribution in [3.63, 3.8) is 0 Å². The van der Waals surface area contributed by atoms with Gasteiger partial charge in [-0.3, -0.25) is 9.89 Å². The highest BCUT2D eigenvalue weighted by Crippen LogP contribution is 2.24. The standard InChI is InChI=1S/C16H27N5/c1-13-7-6-10-21(11-13)16(2,3)12-19-15(17)20-14-8-4-5-9-18-14/h4-5,8-9,13H,6-7,10-12H2,1-3H3,(H3,17,18,19,20). The third-order valence-electron chi connectivity index (χ3n) is 4.07. The molecule has 21 heavy (non-hydrogen) atoms. The van der Waals surface area contributed by atoms with Crippen molar-refractivity contribution in [2.45, 2.75) is 39.2 Å². The average molecular weight is 289 g/mol. The van der Waals surface area contributed by atoms with Gasteiger partial charge in [0.25, 0.3) is 0 Å². The van der Waals surface area contributed by atoms with Gasteiger partial charge in [0, 0.05) is 18.3 Å². The fourth-order valence-corrected chi connectivity index (χ4v) is 2.73. The maximum Gasteiger partial charge on any atom is 0.194 e. The Kier molecular flexibility index (Phi) is 5.17. The van der Waals surface area contributed by atoms with Crippen LogP contribution in [0.25, 0.3) is 0 Å². The predicted molar refractivity (Wildman–Crippen MR) is 88.4 cm³/mol. The van der Waals surface area contributed by atoms with Crippen LogP contribution < -0.4 is 11.1 Å². The van der Waals surface area contributed by atoms with E-state index in [-0.39, 0.29) is 5.54 Å². The van der Waals surface area contributed by atoms with E-state index in [2.05, 4.69) is 41.0 Å². The van der Waals surface area contributed by atoms with Gasteiger partial charge in [0.1, 0.15) is 5.82 Å². The van der Waals surface area contributed by atoms with Gasteiger partial charge in [0.15, 0.2) is 5.96 Å². The Labute approximate surface area is 127 Å². The summed E-state index contributed by atoms with van der Waals surface area (Å²) < 4.78 is 0. The fraction of sp³-hybridized carbons (Fsp3) is 0.625. The van der Waals surface area contributed by atoms with Crippen LogP contribution in [0.3, 0.4) is 0 Å². The van der Waals surface area contributed by atoms with Crippen molar-refractivity contribution in [1.29, 1.82) is 0 Å². The third-order valence-corrected chi connectivity index (χ3v) is 4.07. The number of aromatic nitrogens is 1. The number of nitrogens with one attached hydrogen (secondary N) is 1. The van der Waals surface area contributed by atoms with Gasteiger partial charge in [-0.1, -0.05) is 13.0 Å². The summed E-state index contributed by atoms with van der Waals surface area (Å²) in [6.07, 6.45) is 4.34. The van der Waals surface area contributed by atoms with Crippen LogP contribution >= 0.6 is 0 Å². The Balaban J connectivity index is 1.91. The molecule has 1 saturated heterocycles. The van der Waals surface area contributed by atoms with Gasteiger partial charge in [0.2, 0.25) is 0 Å². The maximum absolute atomic E-state index is 5.95. The number of aliphatic imine (C=N–C) groups is 1. The molecule has 0 radical (unpaired) electrons. The quantitative estimate of drug-likeness (QED) is 0.659.